The zero-order valence-corrected chi connectivity index (χ0v) is 28.6. The van der Waals surface area contributed by atoms with Crippen molar-refractivity contribution in [3.05, 3.63) is 83.9 Å². The number of esters is 1. The summed E-state index contributed by atoms with van der Waals surface area (Å²) in [6, 6.07) is 18.9. The standard InChI is InChI=1S/C39H53N3O7/c43-29-39(22-12-13-23-39)42-35(44)26-32-19-9-1-2-10-20-33(25-30-15-5-3-6-16-30)37(46)48-28-34(41-36(32)45)21-11-14-24-40-38(47)49-27-31-17-7-4-8-18-31/h1,3-9,15-18,32-34,43H,2,10-14,19-29H2,(H,40,47)(H,41,45)(H,42,44)/t32-,33-,34+/m1/s1. The van der Waals surface area contributed by atoms with Gasteiger partial charge in [-0.2, -0.15) is 0 Å². The SMILES string of the molecule is O=C(C[C@H]1CC=CCCC[C@H](Cc2ccccc2)C(=O)OC[C@H](CCCCNC(=O)OCc2ccccc2)NC1=O)NC1(CO)CCCC1. The largest absolute Gasteiger partial charge is 0.463 e. The monoisotopic (exact) mass is 675 g/mol. The van der Waals surface area contributed by atoms with Crippen LogP contribution in [-0.2, 0) is 36.9 Å². The molecule has 1 fully saturated rings. The van der Waals surface area contributed by atoms with Gasteiger partial charge in [-0.25, -0.2) is 4.79 Å². The third-order valence-electron chi connectivity index (χ3n) is 9.47. The van der Waals surface area contributed by atoms with E-state index in [2.05, 4.69) is 16.0 Å². The van der Waals surface area contributed by atoms with Crippen molar-refractivity contribution in [2.24, 2.45) is 11.8 Å². The molecule has 10 heteroatoms. The third-order valence-corrected chi connectivity index (χ3v) is 9.47. The van der Waals surface area contributed by atoms with Gasteiger partial charge in [-0.15, -0.1) is 0 Å². The molecule has 0 radical (unpaired) electrons. The number of alkyl carbamates (subject to hydrolysis) is 1. The first-order valence-electron chi connectivity index (χ1n) is 17.9. The first-order valence-corrected chi connectivity index (χ1v) is 17.9. The molecule has 0 saturated heterocycles. The summed E-state index contributed by atoms with van der Waals surface area (Å²) in [5.74, 6) is -1.71. The summed E-state index contributed by atoms with van der Waals surface area (Å²) in [5.41, 5.74) is 1.36. The Bertz CT molecular complexity index is 1340. The highest BCUT2D eigenvalue weighted by molar-refractivity contribution is 5.86. The molecule has 2 aromatic carbocycles. The number of hydrogen-bond donors (Lipinski definition) is 4. The minimum Gasteiger partial charge on any atom is -0.463 e. The van der Waals surface area contributed by atoms with E-state index in [1.807, 2.05) is 72.8 Å². The summed E-state index contributed by atoms with van der Waals surface area (Å²) in [4.78, 5) is 52.4. The maximum atomic E-state index is 13.7. The number of hydrogen-bond acceptors (Lipinski definition) is 7. The lowest BCUT2D eigenvalue weighted by Crippen LogP contribution is -2.50. The number of nitrogens with one attached hydrogen (secondary N) is 3. The Hall–Kier alpha value is -4.18. The average molecular weight is 676 g/mol. The summed E-state index contributed by atoms with van der Waals surface area (Å²) >= 11 is 0. The number of unbranched alkanes of at least 4 members (excludes halogenated alkanes) is 1. The van der Waals surface area contributed by atoms with Gasteiger partial charge in [0.2, 0.25) is 11.8 Å². The van der Waals surface area contributed by atoms with Crippen LogP contribution in [0.2, 0.25) is 0 Å². The molecule has 2 aromatic rings. The summed E-state index contributed by atoms with van der Waals surface area (Å²) in [6.07, 6.45) is 11.9. The van der Waals surface area contributed by atoms with Crippen LogP contribution in [0.4, 0.5) is 4.79 Å². The maximum absolute atomic E-state index is 13.7. The maximum Gasteiger partial charge on any atom is 0.407 e. The predicted octanol–water partition coefficient (Wildman–Crippen LogP) is 5.53. The van der Waals surface area contributed by atoms with E-state index in [1.54, 1.807) is 0 Å². The number of cyclic esters (lactones) is 1. The molecular weight excluding hydrogens is 622 g/mol. The van der Waals surface area contributed by atoms with Gasteiger partial charge in [0.05, 0.1) is 30.0 Å². The van der Waals surface area contributed by atoms with Crippen LogP contribution in [0.3, 0.4) is 0 Å². The molecule has 266 valence electrons. The summed E-state index contributed by atoms with van der Waals surface area (Å²) < 4.78 is 11.1. The van der Waals surface area contributed by atoms with E-state index in [4.69, 9.17) is 9.47 Å². The Morgan fingerprint density at radius 2 is 1.63 bits per heavy atom. The van der Waals surface area contributed by atoms with Crippen LogP contribution in [0.15, 0.2) is 72.8 Å². The molecule has 1 heterocycles. The number of ether oxygens (including phenoxy) is 2. The van der Waals surface area contributed by atoms with E-state index < -0.39 is 23.6 Å². The Labute approximate surface area is 290 Å². The molecule has 0 bridgehead atoms. The number of benzene rings is 2. The molecule has 1 aliphatic carbocycles. The topological polar surface area (TPSA) is 143 Å². The van der Waals surface area contributed by atoms with Gasteiger partial charge in [-0.05, 0) is 75.3 Å². The van der Waals surface area contributed by atoms with Crippen LogP contribution in [0.25, 0.3) is 0 Å². The molecule has 49 heavy (non-hydrogen) atoms. The zero-order chi connectivity index (χ0) is 34.7. The molecule has 4 N–H and O–H groups in total. The minimum absolute atomic E-state index is 0.00140. The van der Waals surface area contributed by atoms with Crippen molar-refractivity contribution < 1.29 is 33.8 Å². The van der Waals surface area contributed by atoms with Gasteiger partial charge < -0.3 is 30.5 Å². The highest BCUT2D eigenvalue weighted by atomic mass is 16.5. The molecule has 0 unspecified atom stereocenters. The second kappa shape index (κ2) is 20.4. The van der Waals surface area contributed by atoms with Crippen LogP contribution in [0.1, 0.15) is 88.2 Å². The third kappa shape index (κ3) is 13.3. The average Bonchev–Trinajstić information content (AvgIpc) is 3.58. The van der Waals surface area contributed by atoms with Gasteiger partial charge in [0.25, 0.3) is 0 Å². The normalized spacial score (nSPS) is 21.5. The number of carbonyl (C=O) groups excluding carboxylic acids is 4. The van der Waals surface area contributed by atoms with E-state index in [-0.39, 0.29) is 49.9 Å². The Morgan fingerprint density at radius 1 is 0.918 bits per heavy atom. The van der Waals surface area contributed by atoms with Crippen molar-refractivity contribution in [3.63, 3.8) is 0 Å². The van der Waals surface area contributed by atoms with Gasteiger partial charge in [0.15, 0.2) is 0 Å². The number of rotatable bonds is 13. The van der Waals surface area contributed by atoms with Gasteiger partial charge in [0.1, 0.15) is 13.2 Å². The van der Waals surface area contributed by atoms with Gasteiger partial charge in [-0.1, -0.05) is 85.7 Å². The first kappa shape index (κ1) is 37.6. The molecular formula is C39H53N3O7. The van der Waals surface area contributed by atoms with E-state index in [9.17, 15) is 24.3 Å². The molecule has 0 spiro atoms. The highest BCUT2D eigenvalue weighted by Gasteiger charge is 2.35. The number of carbonyl (C=O) groups is 4. The summed E-state index contributed by atoms with van der Waals surface area (Å²) in [6.45, 7) is 0.485. The fourth-order valence-electron chi connectivity index (χ4n) is 6.59. The minimum atomic E-state index is -0.611. The fourth-order valence-corrected chi connectivity index (χ4v) is 6.59. The zero-order valence-electron chi connectivity index (χ0n) is 28.6. The molecule has 0 aromatic heterocycles. The number of allylic oxidation sites excluding steroid dienone is 2. The molecule has 10 nitrogen and oxygen atoms in total. The van der Waals surface area contributed by atoms with Crippen molar-refractivity contribution in [1.82, 2.24) is 16.0 Å². The van der Waals surface area contributed by atoms with E-state index in [1.165, 1.54) is 0 Å². The predicted molar refractivity (Wildman–Crippen MR) is 187 cm³/mol. The second-order valence-corrected chi connectivity index (χ2v) is 13.4. The van der Waals surface area contributed by atoms with E-state index >= 15 is 0 Å². The van der Waals surface area contributed by atoms with Gasteiger partial charge >= 0.3 is 12.1 Å². The lowest BCUT2D eigenvalue weighted by Gasteiger charge is -2.29. The number of aliphatic hydroxyl groups excluding tert-OH is 1. The smallest absolute Gasteiger partial charge is 0.407 e. The number of amides is 3. The molecule has 2 aliphatic rings. The molecule has 1 saturated carbocycles. The van der Waals surface area contributed by atoms with Crippen LogP contribution in [-0.4, -0.2) is 60.3 Å². The molecule has 4 rings (SSSR count). The van der Waals surface area contributed by atoms with Crippen molar-refractivity contribution in [2.45, 2.75) is 102 Å². The van der Waals surface area contributed by atoms with Crippen LogP contribution < -0.4 is 16.0 Å². The second-order valence-electron chi connectivity index (χ2n) is 13.4. The highest BCUT2D eigenvalue weighted by Crippen LogP contribution is 2.29. The van der Waals surface area contributed by atoms with Crippen LogP contribution >= 0.6 is 0 Å². The van der Waals surface area contributed by atoms with Crippen LogP contribution in [0.5, 0.6) is 0 Å². The molecule has 1 aliphatic heterocycles. The Balaban J connectivity index is 1.36. The Kier molecular flexibility index (Phi) is 15.6. The summed E-state index contributed by atoms with van der Waals surface area (Å²) in [5, 5.41) is 18.9. The van der Waals surface area contributed by atoms with Crippen molar-refractivity contribution in [2.75, 3.05) is 19.8 Å². The lowest BCUT2D eigenvalue weighted by molar-refractivity contribution is -0.150. The molecule has 3 amide bonds. The van der Waals surface area contributed by atoms with E-state index in [0.717, 1.165) is 49.7 Å². The van der Waals surface area contributed by atoms with Crippen LogP contribution in [0, 0.1) is 11.8 Å². The fraction of sp³-hybridized carbons (Fsp3) is 0.538. The van der Waals surface area contributed by atoms with Crippen molar-refractivity contribution in [1.29, 1.82) is 0 Å². The van der Waals surface area contributed by atoms with Crippen molar-refractivity contribution >= 4 is 23.9 Å². The molecule has 3 atom stereocenters. The first-order chi connectivity index (χ1) is 23.9. The number of aliphatic hydroxyl groups is 1. The lowest BCUT2D eigenvalue weighted by atomic mass is 9.93. The van der Waals surface area contributed by atoms with Crippen molar-refractivity contribution in [3.8, 4) is 0 Å². The quantitative estimate of drug-likeness (QED) is 0.124. The summed E-state index contributed by atoms with van der Waals surface area (Å²) in [7, 11) is 0. The van der Waals surface area contributed by atoms with Gasteiger partial charge in [0, 0.05) is 13.0 Å². The van der Waals surface area contributed by atoms with Gasteiger partial charge in [-0.3, -0.25) is 14.4 Å². The Morgan fingerprint density at radius 3 is 2.35 bits per heavy atom. The van der Waals surface area contributed by atoms with E-state index in [0.29, 0.717) is 45.1 Å².